The van der Waals surface area contributed by atoms with Crippen molar-refractivity contribution in [2.75, 3.05) is 7.11 Å². The van der Waals surface area contributed by atoms with Gasteiger partial charge in [0, 0.05) is 0 Å². The van der Waals surface area contributed by atoms with Crippen molar-refractivity contribution < 1.29 is 14.3 Å². The number of hydrogen-bond acceptors (Lipinski definition) is 4. The van der Waals surface area contributed by atoms with Gasteiger partial charge in [-0.15, -0.1) is 0 Å². The third-order valence-electron chi connectivity index (χ3n) is 4.36. The molecule has 0 unspecified atom stereocenters. The van der Waals surface area contributed by atoms with E-state index in [-0.39, 0.29) is 6.61 Å². The molecule has 3 rings (SSSR count). The van der Waals surface area contributed by atoms with Gasteiger partial charge in [-0.1, -0.05) is 66.7 Å². The van der Waals surface area contributed by atoms with Crippen LogP contribution in [0.25, 0.3) is 11.1 Å². The van der Waals surface area contributed by atoms with Gasteiger partial charge in [-0.2, -0.15) is 0 Å². The maximum Gasteiger partial charge on any atom is 0.323 e. The maximum atomic E-state index is 12.1. The van der Waals surface area contributed by atoms with E-state index in [0.29, 0.717) is 6.42 Å². The number of rotatable bonds is 7. The summed E-state index contributed by atoms with van der Waals surface area (Å²) in [5.74, 6) is 0.438. The van der Waals surface area contributed by atoms with Gasteiger partial charge in [0.2, 0.25) is 0 Å². The fraction of sp³-hybridized carbons (Fsp3) is 0.174. The summed E-state index contributed by atoms with van der Waals surface area (Å²) in [6, 6.07) is 24.8. The molecule has 0 aliphatic rings. The molecular weight excluding hydrogens is 338 g/mol. The van der Waals surface area contributed by atoms with Gasteiger partial charge in [0.1, 0.15) is 18.4 Å². The number of benzene rings is 3. The summed E-state index contributed by atoms with van der Waals surface area (Å²) < 4.78 is 10.5. The molecule has 0 heterocycles. The number of ether oxygens (including phenoxy) is 2. The molecule has 4 nitrogen and oxygen atoms in total. The average molecular weight is 361 g/mol. The van der Waals surface area contributed by atoms with E-state index in [9.17, 15) is 4.79 Å². The molecule has 0 aliphatic heterocycles. The Hall–Kier alpha value is -3.11. The first kappa shape index (κ1) is 18.7. The molecule has 0 aliphatic carbocycles. The van der Waals surface area contributed by atoms with Gasteiger partial charge in [0.05, 0.1) is 7.11 Å². The molecule has 3 aromatic rings. The Kier molecular flexibility index (Phi) is 6.23. The second-order valence-corrected chi connectivity index (χ2v) is 6.33. The molecule has 138 valence electrons. The molecule has 0 amide bonds. The quantitative estimate of drug-likeness (QED) is 0.647. The highest BCUT2D eigenvalue weighted by Gasteiger charge is 2.16. The minimum atomic E-state index is -0.680. The van der Waals surface area contributed by atoms with E-state index in [4.69, 9.17) is 15.2 Å². The zero-order chi connectivity index (χ0) is 19.1. The first-order valence-corrected chi connectivity index (χ1v) is 8.85. The topological polar surface area (TPSA) is 61.5 Å². The molecule has 0 fully saturated rings. The highest BCUT2D eigenvalue weighted by atomic mass is 16.5. The normalized spacial score (nSPS) is 11.6. The molecule has 27 heavy (non-hydrogen) atoms. The monoisotopic (exact) mass is 361 g/mol. The zero-order valence-electron chi connectivity index (χ0n) is 15.3. The van der Waals surface area contributed by atoms with E-state index < -0.39 is 12.0 Å². The highest BCUT2D eigenvalue weighted by molar-refractivity contribution is 5.76. The molecule has 3 aromatic carbocycles. The van der Waals surface area contributed by atoms with Gasteiger partial charge in [-0.25, -0.2) is 0 Å². The van der Waals surface area contributed by atoms with Crippen molar-refractivity contribution in [2.24, 2.45) is 5.73 Å². The van der Waals surface area contributed by atoms with E-state index in [1.807, 2.05) is 78.9 Å². The van der Waals surface area contributed by atoms with Crippen LogP contribution >= 0.6 is 0 Å². The Bertz CT molecular complexity index is 858. The van der Waals surface area contributed by atoms with Crippen LogP contribution in [0.15, 0.2) is 78.9 Å². The van der Waals surface area contributed by atoms with Crippen LogP contribution in [0.4, 0.5) is 0 Å². The average Bonchev–Trinajstić information content (AvgIpc) is 2.73. The highest BCUT2D eigenvalue weighted by Crippen LogP contribution is 2.23. The van der Waals surface area contributed by atoms with Gasteiger partial charge >= 0.3 is 5.97 Å². The van der Waals surface area contributed by atoms with E-state index in [1.165, 1.54) is 0 Å². The Labute approximate surface area is 159 Å². The maximum absolute atomic E-state index is 12.1. The lowest BCUT2D eigenvalue weighted by Crippen LogP contribution is -2.34. The van der Waals surface area contributed by atoms with Crippen molar-refractivity contribution in [2.45, 2.75) is 19.1 Å². The minimum absolute atomic E-state index is 0.240. The van der Waals surface area contributed by atoms with E-state index in [0.717, 1.165) is 28.0 Å². The summed E-state index contributed by atoms with van der Waals surface area (Å²) in [4.78, 5) is 12.1. The van der Waals surface area contributed by atoms with Crippen LogP contribution in [0.2, 0.25) is 0 Å². The third-order valence-corrected chi connectivity index (χ3v) is 4.36. The van der Waals surface area contributed by atoms with E-state index in [2.05, 4.69) is 0 Å². The number of carbonyl (C=O) groups is 1. The Morgan fingerprint density at radius 1 is 0.852 bits per heavy atom. The first-order valence-electron chi connectivity index (χ1n) is 8.85. The van der Waals surface area contributed by atoms with Crippen LogP contribution in [0, 0.1) is 0 Å². The van der Waals surface area contributed by atoms with Gasteiger partial charge in [-0.05, 0) is 40.8 Å². The summed E-state index contributed by atoms with van der Waals surface area (Å²) in [5, 5.41) is 0. The Morgan fingerprint density at radius 3 is 2.04 bits per heavy atom. The van der Waals surface area contributed by atoms with Crippen molar-refractivity contribution in [1.82, 2.24) is 0 Å². The predicted octanol–water partition coefficient (Wildman–Crippen LogP) is 3.98. The number of esters is 1. The third kappa shape index (κ3) is 5.19. The number of carbonyl (C=O) groups excluding carboxylic acids is 1. The number of methoxy groups -OCH3 is 1. The van der Waals surface area contributed by atoms with Crippen LogP contribution in [0.5, 0.6) is 5.75 Å². The van der Waals surface area contributed by atoms with E-state index in [1.54, 1.807) is 7.11 Å². The Balaban J connectivity index is 1.55. The first-order chi connectivity index (χ1) is 13.2. The molecule has 1 atom stereocenters. The van der Waals surface area contributed by atoms with E-state index >= 15 is 0 Å². The molecule has 0 aromatic heterocycles. The minimum Gasteiger partial charge on any atom is -0.497 e. The van der Waals surface area contributed by atoms with Crippen LogP contribution in [0.1, 0.15) is 11.1 Å². The summed E-state index contributed by atoms with van der Waals surface area (Å²) >= 11 is 0. The predicted molar refractivity (Wildman–Crippen MR) is 106 cm³/mol. The largest absolute Gasteiger partial charge is 0.497 e. The van der Waals surface area contributed by atoms with Crippen LogP contribution in [-0.2, 0) is 22.6 Å². The molecule has 0 bridgehead atoms. The lowest BCUT2D eigenvalue weighted by atomic mass is 10.0. The van der Waals surface area contributed by atoms with Crippen molar-refractivity contribution in [3.63, 3.8) is 0 Å². The van der Waals surface area contributed by atoms with Crippen molar-refractivity contribution in [3.05, 3.63) is 90.0 Å². The molecule has 0 radical (unpaired) electrons. The summed E-state index contributed by atoms with van der Waals surface area (Å²) in [7, 11) is 1.65. The fourth-order valence-corrected chi connectivity index (χ4v) is 2.79. The van der Waals surface area contributed by atoms with Gasteiger partial charge in [0.15, 0.2) is 0 Å². The molecule has 2 N–H and O–H groups in total. The summed E-state index contributed by atoms with van der Waals surface area (Å²) in [6.45, 7) is 0.240. The molecular formula is C23H23NO3. The van der Waals surface area contributed by atoms with Crippen molar-refractivity contribution >= 4 is 5.97 Å². The fourth-order valence-electron chi connectivity index (χ4n) is 2.79. The second-order valence-electron chi connectivity index (χ2n) is 6.33. The zero-order valence-corrected chi connectivity index (χ0v) is 15.3. The summed E-state index contributed by atoms with van der Waals surface area (Å²) in [6.07, 6.45) is 0.441. The standard InChI is InChI=1S/C23H23NO3/c1-26-21-13-11-20(12-14-21)19-9-7-17(8-10-19)15-22(24)23(25)27-16-18-5-3-2-4-6-18/h2-14,22H,15-16,24H2,1H3/t22-/m0/s1. The molecule has 0 saturated carbocycles. The number of hydrogen-bond donors (Lipinski definition) is 1. The van der Waals surface area contributed by atoms with Gasteiger partial charge < -0.3 is 15.2 Å². The van der Waals surface area contributed by atoms with Crippen molar-refractivity contribution in [1.29, 1.82) is 0 Å². The molecule has 0 spiro atoms. The van der Waals surface area contributed by atoms with Gasteiger partial charge in [0.25, 0.3) is 0 Å². The molecule has 4 heteroatoms. The number of nitrogens with two attached hydrogens (primary N) is 1. The smallest absolute Gasteiger partial charge is 0.323 e. The van der Waals surface area contributed by atoms with Crippen LogP contribution in [0.3, 0.4) is 0 Å². The second kappa shape index (κ2) is 9.01. The van der Waals surface area contributed by atoms with Gasteiger partial charge in [-0.3, -0.25) is 4.79 Å². The summed E-state index contributed by atoms with van der Waals surface area (Å²) in [5.41, 5.74) is 10.2. The van der Waals surface area contributed by atoms with Crippen LogP contribution in [-0.4, -0.2) is 19.1 Å². The van der Waals surface area contributed by atoms with Crippen molar-refractivity contribution in [3.8, 4) is 16.9 Å². The molecule has 0 saturated heterocycles. The Morgan fingerprint density at radius 2 is 1.44 bits per heavy atom. The lowest BCUT2D eigenvalue weighted by Gasteiger charge is -2.12. The van der Waals surface area contributed by atoms with Crippen LogP contribution < -0.4 is 10.5 Å². The SMILES string of the molecule is COc1ccc(-c2ccc(C[C@H](N)C(=O)OCc3ccccc3)cc2)cc1. The lowest BCUT2D eigenvalue weighted by molar-refractivity contribution is -0.146.